The van der Waals surface area contributed by atoms with E-state index in [0.29, 0.717) is 11.3 Å². The molecule has 2 unspecified atom stereocenters. The summed E-state index contributed by atoms with van der Waals surface area (Å²) < 4.78 is 10.6. The number of aliphatic hydroxyl groups excluding tert-OH is 1. The number of hydrogen-bond donors (Lipinski definition) is 5. The molecule has 0 aliphatic heterocycles. The van der Waals surface area contributed by atoms with Crippen LogP contribution in [0.5, 0.6) is 0 Å². The van der Waals surface area contributed by atoms with Gasteiger partial charge in [-0.25, -0.2) is 9.78 Å². The van der Waals surface area contributed by atoms with Crippen molar-refractivity contribution in [3.05, 3.63) is 138 Å². The largest absolute Gasteiger partial charge is 0.457 e. The molecule has 5 N–H and O–H groups in total. The number of carbonyl (C=O) groups is 5. The number of carbonyl (C=O) groups excluding carboxylic acids is 5. The lowest BCUT2D eigenvalue weighted by atomic mass is 9.96. The number of esters is 1. The predicted octanol–water partition coefficient (Wildman–Crippen LogP) is 4.84. The van der Waals surface area contributed by atoms with Gasteiger partial charge in [0.2, 0.25) is 11.8 Å². The number of ketones is 1. The van der Waals surface area contributed by atoms with Crippen molar-refractivity contribution in [3.63, 3.8) is 0 Å². The zero-order valence-corrected chi connectivity index (χ0v) is 31.4. The Morgan fingerprint density at radius 1 is 0.750 bits per heavy atom. The van der Waals surface area contributed by atoms with E-state index in [-0.39, 0.29) is 31.8 Å². The van der Waals surface area contributed by atoms with Crippen molar-refractivity contribution < 1.29 is 38.6 Å². The lowest BCUT2D eigenvalue weighted by molar-refractivity contribution is -0.145. The quantitative estimate of drug-likeness (QED) is 0.0580. The lowest BCUT2D eigenvalue weighted by Crippen LogP contribution is -2.57. The molecule has 0 saturated heterocycles. The maximum Gasteiger partial charge on any atom is 0.408 e. The van der Waals surface area contributed by atoms with E-state index in [1.54, 1.807) is 36.5 Å². The number of aromatic amines is 1. The van der Waals surface area contributed by atoms with Gasteiger partial charge >= 0.3 is 12.1 Å². The van der Waals surface area contributed by atoms with Gasteiger partial charge in [-0.1, -0.05) is 117 Å². The zero-order valence-electron chi connectivity index (χ0n) is 31.4. The van der Waals surface area contributed by atoms with Gasteiger partial charge in [-0.05, 0) is 34.2 Å². The van der Waals surface area contributed by atoms with E-state index in [9.17, 15) is 29.1 Å². The molecular weight excluding hydrogens is 715 g/mol. The van der Waals surface area contributed by atoms with Crippen LogP contribution in [0.2, 0.25) is 0 Å². The zero-order chi connectivity index (χ0) is 39.9. The third kappa shape index (κ3) is 12.4. The smallest absolute Gasteiger partial charge is 0.408 e. The Morgan fingerprint density at radius 2 is 1.41 bits per heavy atom. The summed E-state index contributed by atoms with van der Waals surface area (Å²) in [6.07, 6.45) is 0.680. The first-order chi connectivity index (χ1) is 27.0. The van der Waals surface area contributed by atoms with Crippen molar-refractivity contribution in [2.24, 2.45) is 5.92 Å². The van der Waals surface area contributed by atoms with Crippen LogP contribution in [0.4, 0.5) is 4.79 Å². The summed E-state index contributed by atoms with van der Waals surface area (Å²) in [5.74, 6) is -2.52. The molecule has 5 aromatic rings. The van der Waals surface area contributed by atoms with Crippen molar-refractivity contribution in [2.75, 3.05) is 6.61 Å². The molecule has 1 heterocycles. The fourth-order valence-electron chi connectivity index (χ4n) is 6.23. The number of alkyl carbamates (subject to hydrolysis) is 1. The Labute approximate surface area is 325 Å². The van der Waals surface area contributed by atoms with Gasteiger partial charge in [-0.3, -0.25) is 19.2 Å². The minimum Gasteiger partial charge on any atom is -0.457 e. The summed E-state index contributed by atoms with van der Waals surface area (Å²) in [6, 6.07) is 27.6. The van der Waals surface area contributed by atoms with Crippen LogP contribution in [0.15, 0.2) is 116 Å². The number of ether oxygens (including phenoxy) is 2. The van der Waals surface area contributed by atoms with Gasteiger partial charge in [0.25, 0.3) is 0 Å². The molecule has 0 bridgehead atoms. The Morgan fingerprint density at radius 3 is 2.12 bits per heavy atom. The molecule has 0 radical (unpaired) electrons. The number of aliphatic hydroxyl groups is 1. The summed E-state index contributed by atoms with van der Waals surface area (Å²) in [4.78, 5) is 73.6. The average molecular weight is 762 g/mol. The molecule has 3 amide bonds. The Bertz CT molecular complexity index is 2050. The second-order valence-electron chi connectivity index (χ2n) is 13.9. The van der Waals surface area contributed by atoms with E-state index in [1.165, 1.54) is 6.33 Å². The number of benzene rings is 4. The van der Waals surface area contributed by atoms with Gasteiger partial charge in [0.1, 0.15) is 18.7 Å². The second-order valence-corrected chi connectivity index (χ2v) is 13.9. The van der Waals surface area contributed by atoms with Crippen molar-refractivity contribution in [1.82, 2.24) is 25.9 Å². The maximum absolute atomic E-state index is 14.2. The van der Waals surface area contributed by atoms with E-state index in [0.717, 1.165) is 21.9 Å². The molecule has 292 valence electrons. The predicted molar refractivity (Wildman–Crippen MR) is 209 cm³/mol. The Balaban J connectivity index is 1.31. The molecule has 0 saturated carbocycles. The molecule has 13 nitrogen and oxygen atoms in total. The molecule has 4 atom stereocenters. The van der Waals surface area contributed by atoms with E-state index in [4.69, 9.17) is 9.47 Å². The monoisotopic (exact) mass is 761 g/mol. The number of hydrogen-bond acceptors (Lipinski definition) is 9. The molecule has 56 heavy (non-hydrogen) atoms. The first-order valence-electron chi connectivity index (χ1n) is 18.5. The van der Waals surface area contributed by atoms with E-state index in [1.807, 2.05) is 86.6 Å². The summed E-state index contributed by atoms with van der Waals surface area (Å²) in [6.45, 7) is 3.27. The first-order valence-corrected chi connectivity index (χ1v) is 18.5. The highest BCUT2D eigenvalue weighted by Crippen LogP contribution is 2.20. The van der Waals surface area contributed by atoms with Crippen molar-refractivity contribution in [3.8, 4) is 0 Å². The van der Waals surface area contributed by atoms with Gasteiger partial charge in [0.15, 0.2) is 12.4 Å². The minimum atomic E-state index is -1.37. The van der Waals surface area contributed by atoms with E-state index < -0.39 is 66.9 Å². The van der Waals surface area contributed by atoms with Crippen LogP contribution in [0, 0.1) is 5.92 Å². The number of nitrogens with one attached hydrogen (secondary N) is 4. The van der Waals surface area contributed by atoms with Gasteiger partial charge < -0.3 is 35.5 Å². The number of imidazole rings is 1. The van der Waals surface area contributed by atoms with Gasteiger partial charge in [-0.15, -0.1) is 0 Å². The molecular formula is C43H47N5O8. The summed E-state index contributed by atoms with van der Waals surface area (Å²) in [5.41, 5.74) is 2.41. The number of aromatic nitrogens is 2. The van der Waals surface area contributed by atoms with Crippen LogP contribution in [-0.4, -0.2) is 75.6 Å². The van der Waals surface area contributed by atoms with E-state index >= 15 is 0 Å². The minimum absolute atomic E-state index is 0.0128. The molecule has 13 heteroatoms. The standard InChI is InChI=1S/C43H47N5O8/c1-28(2)20-35(38(49)23-40(51)55-26-39(50)31-15-7-4-8-16-31)46-42(53)37(22-33-24-44-27-45-33)47-41(52)36(48-43(54)56-25-29-12-5-3-6-13-29)21-32-18-11-17-30-14-9-10-19-34(30)32/h3-19,24,27-28,35-38,49H,20-23,25-26H2,1-2H3,(H,44,45)(H,46,53)(H,47,52)(H,48,54)/t35?,36-,37-,38?/m0/s1. The number of rotatable bonds is 19. The molecule has 0 spiro atoms. The molecule has 1 aromatic heterocycles. The van der Waals surface area contributed by atoms with Crippen LogP contribution in [0.3, 0.4) is 0 Å². The highest BCUT2D eigenvalue weighted by molar-refractivity contribution is 5.98. The lowest BCUT2D eigenvalue weighted by Gasteiger charge is -2.28. The van der Waals surface area contributed by atoms with Crippen LogP contribution in [0.1, 0.15) is 53.9 Å². The average Bonchev–Trinajstić information content (AvgIpc) is 3.72. The van der Waals surface area contributed by atoms with Crippen LogP contribution < -0.4 is 16.0 Å². The van der Waals surface area contributed by atoms with Gasteiger partial charge in [0, 0.05) is 24.6 Å². The SMILES string of the molecule is CC(C)CC(NC(=O)[C@H](Cc1c[nH]cn1)NC(=O)[C@H](Cc1cccc2ccccc12)NC(=O)OCc1ccccc1)C(O)CC(=O)OCC(=O)c1ccccc1. The summed E-state index contributed by atoms with van der Waals surface area (Å²) in [7, 11) is 0. The number of nitrogens with zero attached hydrogens (tertiary/aromatic N) is 1. The highest BCUT2D eigenvalue weighted by atomic mass is 16.5. The molecule has 0 aliphatic carbocycles. The van der Waals surface area contributed by atoms with E-state index in [2.05, 4.69) is 25.9 Å². The fourth-order valence-corrected chi connectivity index (χ4v) is 6.23. The van der Waals surface area contributed by atoms with Crippen LogP contribution in [-0.2, 0) is 43.3 Å². The second kappa shape index (κ2) is 20.4. The highest BCUT2D eigenvalue weighted by Gasteiger charge is 2.32. The van der Waals surface area contributed by atoms with Gasteiger partial charge in [-0.2, -0.15) is 0 Å². The van der Waals surface area contributed by atoms with Crippen molar-refractivity contribution >= 4 is 40.4 Å². The van der Waals surface area contributed by atoms with Crippen molar-refractivity contribution in [2.45, 2.75) is 70.4 Å². The number of H-pyrrole nitrogens is 1. The summed E-state index contributed by atoms with van der Waals surface area (Å²) >= 11 is 0. The maximum atomic E-state index is 14.2. The number of fused-ring (bicyclic) bond motifs is 1. The first kappa shape index (κ1) is 40.8. The van der Waals surface area contributed by atoms with Crippen LogP contribution >= 0.6 is 0 Å². The molecule has 0 aliphatic rings. The molecule has 4 aromatic carbocycles. The number of amides is 3. The van der Waals surface area contributed by atoms with Crippen molar-refractivity contribution in [1.29, 1.82) is 0 Å². The third-order valence-corrected chi connectivity index (χ3v) is 9.08. The summed E-state index contributed by atoms with van der Waals surface area (Å²) in [5, 5.41) is 21.4. The van der Waals surface area contributed by atoms with Gasteiger partial charge in [0.05, 0.1) is 30.6 Å². The number of Topliss-reactive ketones (excluding diaryl/α,β-unsaturated/α-hetero) is 1. The molecule has 5 rings (SSSR count). The normalized spacial score (nSPS) is 13.2. The topological polar surface area (TPSA) is 189 Å². The van der Waals surface area contributed by atoms with Crippen LogP contribution in [0.25, 0.3) is 10.8 Å². The Kier molecular flexibility index (Phi) is 14.9. The molecule has 0 fully saturated rings. The fraction of sp³-hybridized carbons (Fsp3) is 0.302. The Hall–Kier alpha value is -6.34. The third-order valence-electron chi connectivity index (χ3n) is 9.08.